The second kappa shape index (κ2) is 5.85. The van der Waals surface area contributed by atoms with Gasteiger partial charge >= 0.3 is 0 Å². The predicted molar refractivity (Wildman–Crippen MR) is 72.4 cm³/mol. The van der Waals surface area contributed by atoms with Gasteiger partial charge in [-0.2, -0.15) is 0 Å². The molecule has 0 fully saturated rings. The van der Waals surface area contributed by atoms with Crippen molar-refractivity contribution in [2.24, 2.45) is 11.6 Å². The van der Waals surface area contributed by atoms with E-state index in [-0.39, 0.29) is 23.0 Å². The molecule has 1 aromatic heterocycles. The molecule has 1 heterocycles. The summed E-state index contributed by atoms with van der Waals surface area (Å²) in [5.74, 6) is 4.59. The lowest BCUT2D eigenvalue weighted by atomic mass is 9.99. The van der Waals surface area contributed by atoms with Gasteiger partial charge in [0.1, 0.15) is 11.0 Å². The van der Waals surface area contributed by atoms with Crippen molar-refractivity contribution >= 4 is 29.2 Å². The van der Waals surface area contributed by atoms with Crippen LogP contribution < -0.4 is 22.3 Å². The highest BCUT2D eigenvalue weighted by Crippen LogP contribution is 2.15. The van der Waals surface area contributed by atoms with Crippen molar-refractivity contribution in [3.8, 4) is 0 Å². The normalized spacial score (nSPS) is 10.9. The first-order valence-electron chi connectivity index (χ1n) is 5.48. The summed E-state index contributed by atoms with van der Waals surface area (Å²) >= 11 is 5.77. The van der Waals surface area contributed by atoms with Crippen molar-refractivity contribution < 1.29 is 9.59 Å². The standard InChI is InChI=1S/C11H16ClN5O2/c1-11(2,5-8(13)18)16-10(19)6-3-7(12)15-9(4-6)17-14/h3-4H,5,14H2,1-2H3,(H2,13,18)(H,15,17)(H,16,19). The summed E-state index contributed by atoms with van der Waals surface area (Å²) in [7, 11) is 0. The second-order valence-corrected chi connectivity index (χ2v) is 5.08. The molecule has 6 N–H and O–H groups in total. The van der Waals surface area contributed by atoms with E-state index in [1.807, 2.05) is 0 Å². The minimum atomic E-state index is -0.755. The van der Waals surface area contributed by atoms with Crippen LogP contribution in [0.2, 0.25) is 5.15 Å². The van der Waals surface area contributed by atoms with Crippen LogP contribution in [0, 0.1) is 0 Å². The van der Waals surface area contributed by atoms with E-state index >= 15 is 0 Å². The van der Waals surface area contributed by atoms with E-state index in [1.54, 1.807) is 13.8 Å². The molecule has 1 rings (SSSR count). The number of carbonyl (C=O) groups excluding carboxylic acids is 2. The zero-order valence-corrected chi connectivity index (χ0v) is 11.4. The van der Waals surface area contributed by atoms with E-state index in [0.717, 1.165) is 0 Å². The fourth-order valence-electron chi connectivity index (χ4n) is 1.56. The Morgan fingerprint density at radius 2 is 2.05 bits per heavy atom. The monoisotopic (exact) mass is 285 g/mol. The first-order valence-corrected chi connectivity index (χ1v) is 5.86. The van der Waals surface area contributed by atoms with Gasteiger partial charge < -0.3 is 16.5 Å². The highest BCUT2D eigenvalue weighted by molar-refractivity contribution is 6.29. The molecule has 0 aromatic carbocycles. The summed E-state index contributed by atoms with van der Waals surface area (Å²) < 4.78 is 0. The van der Waals surface area contributed by atoms with E-state index in [1.165, 1.54) is 12.1 Å². The number of nitrogen functional groups attached to an aromatic ring is 1. The van der Waals surface area contributed by atoms with Gasteiger partial charge in [-0.15, -0.1) is 0 Å². The quantitative estimate of drug-likeness (QED) is 0.354. The summed E-state index contributed by atoms with van der Waals surface area (Å²) in [6.07, 6.45) is 0.0273. The molecule has 0 spiro atoms. The number of aromatic nitrogens is 1. The Kier molecular flexibility index (Phi) is 4.68. The van der Waals surface area contributed by atoms with E-state index in [2.05, 4.69) is 15.7 Å². The van der Waals surface area contributed by atoms with E-state index in [4.69, 9.17) is 23.2 Å². The molecule has 19 heavy (non-hydrogen) atoms. The maximum Gasteiger partial charge on any atom is 0.251 e. The van der Waals surface area contributed by atoms with Crippen LogP contribution >= 0.6 is 11.6 Å². The molecular formula is C11H16ClN5O2. The maximum absolute atomic E-state index is 12.0. The third kappa shape index (κ3) is 4.72. The molecule has 104 valence electrons. The average molecular weight is 286 g/mol. The third-order valence-corrected chi connectivity index (χ3v) is 2.47. The van der Waals surface area contributed by atoms with Crippen LogP contribution in [0.1, 0.15) is 30.6 Å². The number of rotatable bonds is 5. The van der Waals surface area contributed by atoms with Gasteiger partial charge in [0.2, 0.25) is 5.91 Å². The summed E-state index contributed by atoms with van der Waals surface area (Å²) in [6, 6.07) is 2.85. The van der Waals surface area contributed by atoms with Crippen molar-refractivity contribution in [1.29, 1.82) is 0 Å². The smallest absolute Gasteiger partial charge is 0.251 e. The van der Waals surface area contributed by atoms with Gasteiger partial charge in [-0.3, -0.25) is 9.59 Å². The fraction of sp³-hybridized carbons (Fsp3) is 0.364. The minimum Gasteiger partial charge on any atom is -0.370 e. The molecule has 0 radical (unpaired) electrons. The summed E-state index contributed by atoms with van der Waals surface area (Å²) in [5.41, 5.74) is 6.95. The number of nitrogens with zero attached hydrogens (tertiary/aromatic N) is 1. The molecule has 1 aromatic rings. The molecular weight excluding hydrogens is 270 g/mol. The average Bonchev–Trinajstić information content (AvgIpc) is 2.25. The minimum absolute atomic E-state index is 0.0273. The van der Waals surface area contributed by atoms with Gasteiger partial charge in [-0.05, 0) is 26.0 Å². The number of hydrogen-bond donors (Lipinski definition) is 4. The zero-order valence-electron chi connectivity index (χ0n) is 10.7. The number of anilines is 1. The van der Waals surface area contributed by atoms with Gasteiger partial charge in [0.15, 0.2) is 0 Å². The molecule has 0 unspecified atom stereocenters. The summed E-state index contributed by atoms with van der Waals surface area (Å²) in [5, 5.41) is 2.82. The van der Waals surface area contributed by atoms with Crippen LogP contribution in [-0.4, -0.2) is 22.3 Å². The topological polar surface area (TPSA) is 123 Å². The number of hydrazine groups is 1. The largest absolute Gasteiger partial charge is 0.370 e. The van der Waals surface area contributed by atoms with Crippen molar-refractivity contribution in [3.63, 3.8) is 0 Å². The Labute approximate surface area is 115 Å². The number of amides is 2. The van der Waals surface area contributed by atoms with Gasteiger partial charge in [0.05, 0.1) is 0 Å². The molecule has 0 saturated heterocycles. The molecule has 8 heteroatoms. The molecule has 2 amide bonds. The number of primary amides is 1. The molecule has 0 saturated carbocycles. The Morgan fingerprint density at radius 3 is 2.58 bits per heavy atom. The van der Waals surface area contributed by atoms with Crippen LogP contribution in [0.25, 0.3) is 0 Å². The van der Waals surface area contributed by atoms with Gasteiger partial charge in [0.25, 0.3) is 5.91 Å². The lowest BCUT2D eigenvalue weighted by Gasteiger charge is -2.24. The zero-order chi connectivity index (χ0) is 14.6. The number of carbonyl (C=O) groups is 2. The highest BCUT2D eigenvalue weighted by Gasteiger charge is 2.23. The molecule has 0 atom stereocenters. The number of halogens is 1. The first kappa shape index (κ1) is 15.2. The molecule has 7 nitrogen and oxygen atoms in total. The Balaban J connectivity index is 2.89. The van der Waals surface area contributed by atoms with Gasteiger partial charge in [0, 0.05) is 17.5 Å². The Bertz CT molecular complexity index is 504. The Morgan fingerprint density at radius 1 is 1.42 bits per heavy atom. The highest BCUT2D eigenvalue weighted by atomic mass is 35.5. The number of pyridine rings is 1. The van der Waals surface area contributed by atoms with Crippen molar-refractivity contribution in [1.82, 2.24) is 10.3 Å². The fourth-order valence-corrected chi connectivity index (χ4v) is 1.77. The van der Waals surface area contributed by atoms with Gasteiger partial charge in [-0.25, -0.2) is 10.8 Å². The lowest BCUT2D eigenvalue weighted by Crippen LogP contribution is -2.46. The Hall–Kier alpha value is -1.86. The van der Waals surface area contributed by atoms with E-state index in [9.17, 15) is 9.59 Å². The van der Waals surface area contributed by atoms with Crippen LogP contribution in [0.15, 0.2) is 12.1 Å². The predicted octanol–water partition coefficient (Wildman–Crippen LogP) is 0.404. The number of nitrogens with one attached hydrogen (secondary N) is 2. The van der Waals surface area contributed by atoms with E-state index in [0.29, 0.717) is 0 Å². The first-order chi connectivity index (χ1) is 8.73. The van der Waals surface area contributed by atoms with Crippen molar-refractivity contribution in [3.05, 3.63) is 22.8 Å². The van der Waals surface area contributed by atoms with Crippen molar-refractivity contribution in [2.75, 3.05) is 5.43 Å². The van der Waals surface area contributed by atoms with Crippen LogP contribution in [0.4, 0.5) is 5.82 Å². The SMILES string of the molecule is CC(C)(CC(N)=O)NC(=O)c1cc(Cl)nc(NN)c1. The maximum atomic E-state index is 12.0. The molecule has 0 aliphatic rings. The molecule has 0 aliphatic carbocycles. The van der Waals surface area contributed by atoms with Crippen LogP contribution in [-0.2, 0) is 4.79 Å². The second-order valence-electron chi connectivity index (χ2n) is 4.69. The van der Waals surface area contributed by atoms with Gasteiger partial charge in [-0.1, -0.05) is 11.6 Å². The third-order valence-electron chi connectivity index (χ3n) is 2.27. The van der Waals surface area contributed by atoms with E-state index < -0.39 is 17.4 Å². The number of nitrogens with two attached hydrogens (primary N) is 2. The summed E-state index contributed by atoms with van der Waals surface area (Å²) in [4.78, 5) is 26.8. The van der Waals surface area contributed by atoms with Crippen molar-refractivity contribution in [2.45, 2.75) is 25.8 Å². The summed E-state index contributed by atoms with van der Waals surface area (Å²) in [6.45, 7) is 3.39. The molecule has 0 aliphatic heterocycles. The molecule has 0 bridgehead atoms. The lowest BCUT2D eigenvalue weighted by molar-refractivity contribution is -0.119. The van der Waals surface area contributed by atoms with Crippen LogP contribution in [0.3, 0.4) is 0 Å². The van der Waals surface area contributed by atoms with Crippen LogP contribution in [0.5, 0.6) is 0 Å². The number of hydrogen-bond acceptors (Lipinski definition) is 5.